The summed E-state index contributed by atoms with van der Waals surface area (Å²) in [5.74, 6) is 0.151. The van der Waals surface area contributed by atoms with Crippen molar-refractivity contribution in [1.82, 2.24) is 14.8 Å². The first-order valence-corrected chi connectivity index (χ1v) is 7.39. The third kappa shape index (κ3) is 3.34. The number of alkyl halides is 3. The number of carboxylic acid groups (broad SMARTS) is 1. The predicted octanol–water partition coefficient (Wildman–Crippen LogP) is 2.64. The van der Waals surface area contributed by atoms with Crippen LogP contribution in [0.15, 0.2) is 18.2 Å². The Kier molecular flexibility index (Phi) is 4.05. The molecule has 3 rings (SSSR count). The largest absolute Gasteiger partial charge is 0.465 e. The normalized spacial score (nSPS) is 25.3. The van der Waals surface area contributed by atoms with Crippen LogP contribution in [0.5, 0.6) is 0 Å². The fourth-order valence-electron chi connectivity index (χ4n) is 3.19. The molecule has 2 fully saturated rings. The van der Waals surface area contributed by atoms with Crippen LogP contribution in [0.1, 0.15) is 25.0 Å². The predicted molar refractivity (Wildman–Crippen MR) is 75.7 cm³/mol. The number of fused-ring (bicyclic) bond motifs is 1. The van der Waals surface area contributed by atoms with E-state index in [1.165, 1.54) is 17.0 Å². The molecule has 1 aromatic rings. The van der Waals surface area contributed by atoms with Crippen molar-refractivity contribution < 1.29 is 23.1 Å². The van der Waals surface area contributed by atoms with Gasteiger partial charge in [-0.3, -0.25) is 9.80 Å². The van der Waals surface area contributed by atoms with Crippen LogP contribution in [-0.2, 0) is 6.18 Å². The van der Waals surface area contributed by atoms with E-state index in [0.717, 1.165) is 25.3 Å². The summed E-state index contributed by atoms with van der Waals surface area (Å²) in [6, 6.07) is 3.98. The molecule has 1 amide bonds. The van der Waals surface area contributed by atoms with Crippen LogP contribution in [0.2, 0.25) is 0 Å². The van der Waals surface area contributed by atoms with Crippen molar-refractivity contribution >= 4 is 11.9 Å². The third-order valence-corrected chi connectivity index (χ3v) is 4.33. The van der Waals surface area contributed by atoms with Crippen molar-refractivity contribution in [2.24, 2.45) is 0 Å². The molecule has 0 saturated carbocycles. The molecule has 2 N–H and O–H groups in total. The van der Waals surface area contributed by atoms with E-state index in [1.54, 1.807) is 0 Å². The van der Waals surface area contributed by atoms with Gasteiger partial charge in [0.1, 0.15) is 11.5 Å². The number of hydrogen-bond acceptors (Lipinski definition) is 4. The van der Waals surface area contributed by atoms with Gasteiger partial charge in [-0.25, -0.2) is 9.78 Å². The zero-order chi connectivity index (χ0) is 16.6. The summed E-state index contributed by atoms with van der Waals surface area (Å²) in [6.45, 7) is 0.752. The number of anilines is 1. The van der Waals surface area contributed by atoms with Gasteiger partial charge in [-0.15, -0.1) is 0 Å². The van der Waals surface area contributed by atoms with Gasteiger partial charge < -0.3 is 10.4 Å². The van der Waals surface area contributed by atoms with E-state index in [4.69, 9.17) is 5.11 Å². The molecule has 0 bridgehead atoms. The molecule has 9 heteroatoms. The van der Waals surface area contributed by atoms with Crippen molar-refractivity contribution in [3.63, 3.8) is 0 Å². The van der Waals surface area contributed by atoms with Crippen molar-refractivity contribution in [3.8, 4) is 0 Å². The molecule has 1 aromatic heterocycles. The van der Waals surface area contributed by atoms with Gasteiger partial charge in [0.2, 0.25) is 0 Å². The van der Waals surface area contributed by atoms with Gasteiger partial charge in [-0.05, 0) is 31.4 Å². The molecule has 126 valence electrons. The van der Waals surface area contributed by atoms with E-state index in [1.807, 2.05) is 4.90 Å². The first-order valence-electron chi connectivity index (χ1n) is 7.39. The molecule has 0 aromatic carbocycles. The molecule has 23 heavy (non-hydrogen) atoms. The van der Waals surface area contributed by atoms with Crippen LogP contribution in [0.3, 0.4) is 0 Å². The lowest BCUT2D eigenvalue weighted by Crippen LogP contribution is -2.53. The highest BCUT2D eigenvalue weighted by molar-refractivity contribution is 5.65. The minimum atomic E-state index is -4.48. The van der Waals surface area contributed by atoms with E-state index in [-0.39, 0.29) is 24.7 Å². The van der Waals surface area contributed by atoms with Gasteiger partial charge >= 0.3 is 12.3 Å². The smallest absolute Gasteiger partial charge is 0.433 e. The van der Waals surface area contributed by atoms with E-state index < -0.39 is 18.0 Å². The lowest BCUT2D eigenvalue weighted by molar-refractivity contribution is -0.141. The highest BCUT2D eigenvalue weighted by atomic mass is 19.4. The molecule has 0 spiro atoms. The summed E-state index contributed by atoms with van der Waals surface area (Å²) >= 11 is 0. The number of carbonyl (C=O) groups is 1. The Balaban J connectivity index is 1.72. The summed E-state index contributed by atoms with van der Waals surface area (Å²) in [4.78, 5) is 18.0. The van der Waals surface area contributed by atoms with E-state index in [0.29, 0.717) is 6.54 Å². The highest BCUT2D eigenvalue weighted by Crippen LogP contribution is 2.32. The lowest BCUT2D eigenvalue weighted by atomic mass is 10.1. The van der Waals surface area contributed by atoms with Crippen molar-refractivity contribution in [2.45, 2.75) is 37.6 Å². The maximum atomic E-state index is 12.7. The number of pyridine rings is 1. The molecule has 2 saturated heterocycles. The Morgan fingerprint density at radius 3 is 2.78 bits per heavy atom. The van der Waals surface area contributed by atoms with Crippen LogP contribution in [-0.4, -0.2) is 51.4 Å². The molecule has 3 heterocycles. The molecule has 6 nitrogen and oxygen atoms in total. The average molecular weight is 330 g/mol. The van der Waals surface area contributed by atoms with Crippen molar-refractivity contribution in [1.29, 1.82) is 0 Å². The first kappa shape index (κ1) is 15.9. The number of nitrogens with zero attached hydrogens (tertiary/aromatic N) is 3. The summed E-state index contributed by atoms with van der Waals surface area (Å²) in [5, 5.41) is 12.1. The fourth-order valence-corrected chi connectivity index (χ4v) is 3.19. The topological polar surface area (TPSA) is 68.7 Å². The molecule has 0 unspecified atom stereocenters. The Bertz CT molecular complexity index is 596. The second-order valence-electron chi connectivity index (χ2n) is 5.79. The summed E-state index contributed by atoms with van der Waals surface area (Å²) < 4.78 is 38.2. The van der Waals surface area contributed by atoms with E-state index in [2.05, 4.69) is 10.3 Å². The zero-order valence-electron chi connectivity index (χ0n) is 12.3. The maximum absolute atomic E-state index is 12.7. The van der Waals surface area contributed by atoms with Crippen molar-refractivity contribution in [2.75, 3.05) is 18.5 Å². The minimum absolute atomic E-state index is 0.151. The fraction of sp³-hybridized carbons (Fsp3) is 0.571. The maximum Gasteiger partial charge on any atom is 0.433 e. The number of rotatable bonds is 2. The monoisotopic (exact) mass is 330 g/mol. The number of amides is 1. The molecular weight excluding hydrogens is 313 g/mol. The average Bonchev–Trinajstić information content (AvgIpc) is 2.89. The molecule has 2 atom stereocenters. The number of hydrogen-bond donors (Lipinski definition) is 2. The van der Waals surface area contributed by atoms with E-state index in [9.17, 15) is 18.0 Å². The Hall–Kier alpha value is -2.03. The van der Waals surface area contributed by atoms with Crippen molar-refractivity contribution in [3.05, 3.63) is 23.9 Å². The number of halogens is 3. The lowest BCUT2D eigenvalue weighted by Gasteiger charge is -2.39. The van der Waals surface area contributed by atoms with Gasteiger partial charge in [-0.2, -0.15) is 13.2 Å². The highest BCUT2D eigenvalue weighted by Gasteiger charge is 2.39. The van der Waals surface area contributed by atoms with Crippen LogP contribution in [0, 0.1) is 0 Å². The molecule has 0 aliphatic carbocycles. The Morgan fingerprint density at radius 2 is 2.09 bits per heavy atom. The molecule has 0 radical (unpaired) electrons. The Labute approximate surface area is 130 Å². The van der Waals surface area contributed by atoms with Crippen LogP contribution < -0.4 is 5.32 Å². The summed E-state index contributed by atoms with van der Waals surface area (Å²) in [6.07, 6.45) is -3.30. The van der Waals surface area contributed by atoms with E-state index >= 15 is 0 Å². The van der Waals surface area contributed by atoms with Gasteiger partial charge in [-0.1, -0.05) is 6.07 Å². The van der Waals surface area contributed by atoms with Gasteiger partial charge in [0.15, 0.2) is 0 Å². The Morgan fingerprint density at radius 1 is 1.30 bits per heavy atom. The standard InChI is InChI=1S/C14H17F3N4O2/c15-14(16,17)10-2-1-3-11(18-10)19-12-5-4-9-6-7-20(13(22)23)8-21(9)12/h1-3,9,12H,4-8H2,(H,18,19)(H,22,23)/t9-,12-/m0/s1. The quantitative estimate of drug-likeness (QED) is 0.872. The van der Waals surface area contributed by atoms with Crippen LogP contribution >= 0.6 is 0 Å². The van der Waals surface area contributed by atoms with Gasteiger partial charge in [0, 0.05) is 12.6 Å². The zero-order valence-corrected chi connectivity index (χ0v) is 12.3. The second kappa shape index (κ2) is 5.88. The number of aromatic nitrogens is 1. The summed E-state index contributed by atoms with van der Waals surface area (Å²) in [5.41, 5.74) is -0.942. The number of nitrogens with one attached hydrogen (secondary N) is 1. The van der Waals surface area contributed by atoms with Crippen LogP contribution in [0.4, 0.5) is 23.8 Å². The second-order valence-corrected chi connectivity index (χ2v) is 5.79. The molecular formula is C14H17F3N4O2. The van der Waals surface area contributed by atoms with Gasteiger partial charge in [0.05, 0.1) is 12.8 Å². The first-order chi connectivity index (χ1) is 10.8. The SMILES string of the molecule is O=C(O)N1CC[C@@H]2CC[C@@H](Nc3cccc(C(F)(F)F)n3)N2C1. The van der Waals surface area contributed by atoms with Gasteiger partial charge in [0.25, 0.3) is 0 Å². The molecule has 2 aliphatic heterocycles. The summed E-state index contributed by atoms with van der Waals surface area (Å²) in [7, 11) is 0. The molecule has 2 aliphatic rings. The third-order valence-electron chi connectivity index (χ3n) is 4.33. The minimum Gasteiger partial charge on any atom is -0.465 e. The van der Waals surface area contributed by atoms with Crippen LogP contribution in [0.25, 0.3) is 0 Å².